The average Bonchev–Trinajstić information content (AvgIpc) is 2.92. The van der Waals surface area contributed by atoms with Crippen LogP contribution in [0.2, 0.25) is 0 Å². The number of carbonyl (C=O) groups excluding carboxylic acids is 2. The van der Waals surface area contributed by atoms with Gasteiger partial charge < -0.3 is 4.42 Å². The molecule has 1 aliphatic heterocycles. The monoisotopic (exact) mass is 406 g/mol. The fraction of sp³-hybridized carbons (Fsp3) is 0.227. The molecule has 2 aromatic carbocycles. The van der Waals surface area contributed by atoms with Crippen molar-refractivity contribution in [2.75, 3.05) is 0 Å². The molecule has 0 saturated carbocycles. The maximum absolute atomic E-state index is 12.9. The van der Waals surface area contributed by atoms with Crippen LogP contribution in [0.25, 0.3) is 11.0 Å². The molecule has 1 aromatic heterocycles. The van der Waals surface area contributed by atoms with Crippen LogP contribution in [0.5, 0.6) is 0 Å². The van der Waals surface area contributed by atoms with E-state index in [2.05, 4.69) is 0 Å². The van der Waals surface area contributed by atoms with Crippen molar-refractivity contribution in [3.63, 3.8) is 0 Å². The summed E-state index contributed by atoms with van der Waals surface area (Å²) in [7, 11) is 0. The van der Waals surface area contributed by atoms with Crippen molar-refractivity contribution in [1.29, 1.82) is 0 Å². The molecule has 0 aliphatic carbocycles. The van der Waals surface area contributed by atoms with Gasteiger partial charge in [-0.1, -0.05) is 19.9 Å². The van der Waals surface area contributed by atoms with Crippen LogP contribution in [-0.4, -0.2) is 21.6 Å². The molecule has 8 heteroatoms. The van der Waals surface area contributed by atoms with E-state index >= 15 is 0 Å². The molecule has 0 atom stereocenters. The quantitative estimate of drug-likeness (QED) is 0.281. The molecule has 0 N–H and O–H groups in total. The zero-order chi connectivity index (χ0) is 21.7. The number of amides is 2. The van der Waals surface area contributed by atoms with E-state index in [4.69, 9.17) is 4.42 Å². The topological polar surface area (TPSA) is 111 Å². The Balaban J connectivity index is 1.83. The van der Waals surface area contributed by atoms with Crippen molar-refractivity contribution in [2.24, 2.45) is 0 Å². The van der Waals surface area contributed by atoms with Crippen molar-refractivity contribution >= 4 is 28.5 Å². The number of aryl methyl sites for hydroxylation is 1. The molecule has 0 radical (unpaired) electrons. The van der Waals surface area contributed by atoms with Crippen LogP contribution in [0.4, 0.5) is 5.69 Å². The molecule has 4 rings (SSSR count). The van der Waals surface area contributed by atoms with E-state index in [9.17, 15) is 24.5 Å². The second-order valence-corrected chi connectivity index (χ2v) is 7.60. The molecule has 0 spiro atoms. The Kier molecular flexibility index (Phi) is 4.49. The standard InChI is InChI=1S/C22H18N2O6/c1-11(2)15-9-16-13(8-19(25)30-18(16)7-12(15)3)10-23-21(26)14-5-4-6-17(24(28)29)20(14)22(23)27/h4-9,11H,10H2,1-3H3. The predicted octanol–water partition coefficient (Wildman–Crippen LogP) is 3.93. The molecule has 152 valence electrons. The van der Waals surface area contributed by atoms with Crippen molar-refractivity contribution in [3.05, 3.63) is 84.7 Å². The molecule has 0 bridgehead atoms. The van der Waals surface area contributed by atoms with E-state index in [1.807, 2.05) is 26.8 Å². The first-order valence-corrected chi connectivity index (χ1v) is 9.40. The normalized spacial score (nSPS) is 13.4. The summed E-state index contributed by atoms with van der Waals surface area (Å²) in [4.78, 5) is 49.3. The van der Waals surface area contributed by atoms with Crippen LogP contribution in [0.15, 0.2) is 45.6 Å². The van der Waals surface area contributed by atoms with Gasteiger partial charge in [-0.25, -0.2) is 4.79 Å². The highest BCUT2D eigenvalue weighted by molar-refractivity contribution is 6.23. The highest BCUT2D eigenvalue weighted by Gasteiger charge is 2.41. The van der Waals surface area contributed by atoms with Gasteiger partial charge in [-0.2, -0.15) is 0 Å². The predicted molar refractivity (Wildman–Crippen MR) is 109 cm³/mol. The van der Waals surface area contributed by atoms with Crippen LogP contribution in [-0.2, 0) is 6.54 Å². The number of imide groups is 1. The van der Waals surface area contributed by atoms with E-state index in [0.29, 0.717) is 16.5 Å². The number of rotatable bonds is 4. The smallest absolute Gasteiger partial charge is 0.336 e. The van der Waals surface area contributed by atoms with Gasteiger partial charge in [-0.05, 0) is 47.7 Å². The lowest BCUT2D eigenvalue weighted by Crippen LogP contribution is -2.29. The van der Waals surface area contributed by atoms with Gasteiger partial charge in [0, 0.05) is 17.5 Å². The fourth-order valence-corrected chi connectivity index (χ4v) is 3.93. The van der Waals surface area contributed by atoms with Crippen LogP contribution in [0, 0.1) is 17.0 Å². The Bertz CT molecular complexity index is 1300. The van der Waals surface area contributed by atoms with Crippen molar-refractivity contribution < 1.29 is 18.9 Å². The van der Waals surface area contributed by atoms with Gasteiger partial charge in [0.15, 0.2) is 0 Å². The van der Waals surface area contributed by atoms with Gasteiger partial charge in [0.1, 0.15) is 11.1 Å². The average molecular weight is 406 g/mol. The summed E-state index contributed by atoms with van der Waals surface area (Å²) in [6, 6.07) is 8.87. The first-order valence-electron chi connectivity index (χ1n) is 9.40. The molecule has 3 aromatic rings. The van der Waals surface area contributed by atoms with Crippen molar-refractivity contribution in [3.8, 4) is 0 Å². The van der Waals surface area contributed by atoms with Gasteiger partial charge in [0.05, 0.1) is 17.0 Å². The zero-order valence-corrected chi connectivity index (χ0v) is 16.6. The van der Waals surface area contributed by atoms with E-state index in [1.54, 1.807) is 6.07 Å². The summed E-state index contributed by atoms with van der Waals surface area (Å²) in [5.41, 5.74) is 1.58. The molecule has 2 heterocycles. The minimum absolute atomic E-state index is 0.0137. The molecular formula is C22H18N2O6. The summed E-state index contributed by atoms with van der Waals surface area (Å²) in [6.45, 7) is 5.81. The summed E-state index contributed by atoms with van der Waals surface area (Å²) < 4.78 is 5.32. The third-order valence-electron chi connectivity index (χ3n) is 5.34. The number of nitro benzene ring substituents is 1. The van der Waals surface area contributed by atoms with Crippen LogP contribution < -0.4 is 5.63 Å². The lowest BCUT2D eigenvalue weighted by atomic mass is 9.95. The molecule has 2 amide bonds. The zero-order valence-electron chi connectivity index (χ0n) is 16.6. The molecule has 0 unspecified atom stereocenters. The minimum Gasteiger partial charge on any atom is -0.423 e. The van der Waals surface area contributed by atoms with Gasteiger partial charge in [0.2, 0.25) is 0 Å². The highest BCUT2D eigenvalue weighted by atomic mass is 16.6. The summed E-state index contributed by atoms with van der Waals surface area (Å²) >= 11 is 0. The second kappa shape index (κ2) is 6.91. The van der Waals surface area contributed by atoms with Gasteiger partial charge >= 0.3 is 5.63 Å². The highest BCUT2D eigenvalue weighted by Crippen LogP contribution is 2.33. The van der Waals surface area contributed by atoms with Crippen LogP contribution in [0.3, 0.4) is 0 Å². The molecule has 8 nitrogen and oxygen atoms in total. The number of benzene rings is 2. The Morgan fingerprint density at radius 1 is 1.10 bits per heavy atom. The van der Waals surface area contributed by atoms with E-state index in [-0.39, 0.29) is 23.6 Å². The van der Waals surface area contributed by atoms with Crippen molar-refractivity contribution in [2.45, 2.75) is 33.2 Å². The van der Waals surface area contributed by atoms with Crippen molar-refractivity contribution in [1.82, 2.24) is 4.90 Å². The lowest BCUT2D eigenvalue weighted by Gasteiger charge is -2.17. The number of hydrogen-bond acceptors (Lipinski definition) is 6. The van der Waals surface area contributed by atoms with Gasteiger partial charge in [0.25, 0.3) is 17.5 Å². The third-order valence-corrected chi connectivity index (χ3v) is 5.34. The first kappa shape index (κ1) is 19.5. The van der Waals surface area contributed by atoms with E-state index < -0.39 is 28.1 Å². The van der Waals surface area contributed by atoms with Crippen LogP contribution in [0.1, 0.15) is 57.2 Å². The van der Waals surface area contributed by atoms with E-state index in [0.717, 1.165) is 16.0 Å². The molecule has 30 heavy (non-hydrogen) atoms. The number of nitrogens with zero attached hydrogens (tertiary/aromatic N) is 2. The Morgan fingerprint density at radius 2 is 1.83 bits per heavy atom. The molecule has 0 saturated heterocycles. The summed E-state index contributed by atoms with van der Waals surface area (Å²) in [5.74, 6) is -1.16. The summed E-state index contributed by atoms with van der Waals surface area (Å²) in [6.07, 6.45) is 0. The SMILES string of the molecule is Cc1cc2oc(=O)cc(CN3C(=O)c4cccc([N+](=O)[O-])c4C3=O)c2cc1C(C)C. The number of fused-ring (bicyclic) bond motifs is 2. The minimum atomic E-state index is -0.750. The van der Waals surface area contributed by atoms with Gasteiger partial charge in [-0.15, -0.1) is 0 Å². The summed E-state index contributed by atoms with van der Waals surface area (Å²) in [5, 5.41) is 11.9. The largest absolute Gasteiger partial charge is 0.423 e. The third kappa shape index (κ3) is 2.97. The maximum atomic E-state index is 12.9. The lowest BCUT2D eigenvalue weighted by molar-refractivity contribution is -0.385. The Morgan fingerprint density at radius 3 is 2.50 bits per heavy atom. The Hall–Kier alpha value is -3.81. The Labute approximate surface area is 170 Å². The van der Waals surface area contributed by atoms with Gasteiger partial charge in [-0.3, -0.25) is 24.6 Å². The number of nitro groups is 1. The fourth-order valence-electron chi connectivity index (χ4n) is 3.93. The van der Waals surface area contributed by atoms with E-state index in [1.165, 1.54) is 24.3 Å². The number of carbonyl (C=O) groups is 2. The number of hydrogen-bond donors (Lipinski definition) is 0. The molecule has 0 fully saturated rings. The maximum Gasteiger partial charge on any atom is 0.336 e. The molecule has 1 aliphatic rings. The first-order chi connectivity index (χ1) is 14.2. The molecular weight excluding hydrogens is 388 g/mol. The van der Waals surface area contributed by atoms with Crippen LogP contribution >= 0.6 is 0 Å². The second-order valence-electron chi connectivity index (χ2n) is 7.60.